The van der Waals surface area contributed by atoms with Crippen LogP contribution in [0.25, 0.3) is 10.9 Å². The van der Waals surface area contributed by atoms with Crippen LogP contribution >= 0.6 is 11.8 Å². The molecule has 6 heteroatoms. The van der Waals surface area contributed by atoms with Crippen LogP contribution in [0.15, 0.2) is 34.2 Å². The third-order valence-corrected chi connectivity index (χ3v) is 5.57. The lowest BCUT2D eigenvalue weighted by Crippen LogP contribution is -2.30. The molecule has 0 spiro atoms. The van der Waals surface area contributed by atoms with Crippen molar-refractivity contribution in [2.45, 2.75) is 56.6 Å². The fourth-order valence-corrected chi connectivity index (χ4v) is 4.23. The molecular weight excluding hydrogens is 334 g/mol. The van der Waals surface area contributed by atoms with Gasteiger partial charge in [-0.2, -0.15) is 0 Å². The second kappa shape index (κ2) is 8.52. The highest BCUT2D eigenvalue weighted by molar-refractivity contribution is 7.99. The number of amides is 1. The van der Waals surface area contributed by atoms with Crippen LogP contribution in [0.1, 0.15) is 51.5 Å². The number of carbonyl (C=O) groups excluding carboxylic acids is 1. The molecule has 1 heterocycles. The molecule has 0 unspecified atom stereocenters. The van der Waals surface area contributed by atoms with Crippen molar-refractivity contribution in [1.82, 2.24) is 14.9 Å². The number of benzene rings is 1. The van der Waals surface area contributed by atoms with Crippen molar-refractivity contribution in [2.75, 3.05) is 12.3 Å². The highest BCUT2D eigenvalue weighted by atomic mass is 32.2. The zero-order chi connectivity index (χ0) is 17.6. The molecule has 1 fully saturated rings. The molecule has 1 aromatic heterocycles. The Morgan fingerprint density at radius 2 is 2.04 bits per heavy atom. The quantitative estimate of drug-likeness (QED) is 0.633. The summed E-state index contributed by atoms with van der Waals surface area (Å²) in [5, 5.41) is 4.21. The number of rotatable bonds is 6. The lowest BCUT2D eigenvalue weighted by atomic mass is 9.95. The Morgan fingerprint density at radius 1 is 1.28 bits per heavy atom. The van der Waals surface area contributed by atoms with Crippen LogP contribution < -0.4 is 10.9 Å². The molecule has 1 N–H and O–H groups in total. The molecule has 25 heavy (non-hydrogen) atoms. The van der Waals surface area contributed by atoms with Gasteiger partial charge >= 0.3 is 0 Å². The Bertz CT molecular complexity index is 797. The zero-order valence-corrected chi connectivity index (χ0v) is 15.5. The molecule has 2 aromatic rings. The molecule has 0 saturated heterocycles. The summed E-state index contributed by atoms with van der Waals surface area (Å²) < 4.78 is 1.85. The summed E-state index contributed by atoms with van der Waals surface area (Å²) in [6.45, 7) is 2.71. The summed E-state index contributed by atoms with van der Waals surface area (Å²) in [6.07, 6.45) is 6.45. The summed E-state index contributed by atoms with van der Waals surface area (Å²) >= 11 is 1.37. The Hall–Kier alpha value is -1.82. The molecule has 1 aliphatic rings. The molecule has 1 amide bonds. The van der Waals surface area contributed by atoms with Crippen LogP contribution in [0.2, 0.25) is 0 Å². The van der Waals surface area contributed by atoms with E-state index < -0.39 is 0 Å². The lowest BCUT2D eigenvalue weighted by Gasteiger charge is -2.26. The smallest absolute Gasteiger partial charge is 0.262 e. The minimum Gasteiger partial charge on any atom is -0.355 e. The van der Waals surface area contributed by atoms with Gasteiger partial charge in [0.15, 0.2) is 5.16 Å². The number of hydrogen-bond donors (Lipinski definition) is 1. The normalized spacial score (nSPS) is 15.4. The molecule has 0 bridgehead atoms. The van der Waals surface area contributed by atoms with Crippen molar-refractivity contribution in [1.29, 1.82) is 0 Å². The van der Waals surface area contributed by atoms with Crippen LogP contribution in [-0.4, -0.2) is 27.8 Å². The number of nitrogens with zero attached hydrogens (tertiary/aromatic N) is 2. The minimum atomic E-state index is -0.00977. The van der Waals surface area contributed by atoms with Gasteiger partial charge < -0.3 is 5.32 Å². The molecule has 3 rings (SSSR count). The lowest BCUT2D eigenvalue weighted by molar-refractivity contribution is -0.118. The van der Waals surface area contributed by atoms with Gasteiger partial charge in [0.1, 0.15) is 0 Å². The minimum absolute atomic E-state index is 0.00977. The van der Waals surface area contributed by atoms with Crippen molar-refractivity contribution in [3.63, 3.8) is 0 Å². The topological polar surface area (TPSA) is 64.0 Å². The van der Waals surface area contributed by atoms with E-state index in [-0.39, 0.29) is 23.3 Å². The largest absolute Gasteiger partial charge is 0.355 e. The predicted octanol–water partition coefficient (Wildman–Crippen LogP) is 3.52. The summed E-state index contributed by atoms with van der Waals surface area (Å²) in [5.74, 6) is 0.279. The van der Waals surface area contributed by atoms with E-state index in [1.807, 2.05) is 35.8 Å². The number of para-hydroxylation sites is 1. The standard InChI is InChI=1S/C19H25N3O2S/c1-2-12-20-17(23)13-25-19-21-16-11-7-6-10-15(16)18(24)22(19)14-8-4-3-5-9-14/h6-7,10-11,14H,2-5,8-9,12-13H2,1H3,(H,20,23). The van der Waals surface area contributed by atoms with E-state index in [4.69, 9.17) is 4.98 Å². The molecule has 0 atom stereocenters. The summed E-state index contributed by atoms with van der Waals surface area (Å²) in [4.78, 5) is 29.7. The van der Waals surface area contributed by atoms with Crippen LogP contribution in [0.3, 0.4) is 0 Å². The highest BCUT2D eigenvalue weighted by Crippen LogP contribution is 2.30. The zero-order valence-electron chi connectivity index (χ0n) is 14.7. The molecule has 0 radical (unpaired) electrons. The molecule has 1 aliphatic carbocycles. The predicted molar refractivity (Wildman–Crippen MR) is 102 cm³/mol. The van der Waals surface area contributed by atoms with E-state index >= 15 is 0 Å². The molecular formula is C19H25N3O2S. The fraction of sp³-hybridized carbons (Fsp3) is 0.526. The maximum atomic E-state index is 13.1. The number of thioether (sulfide) groups is 1. The molecule has 5 nitrogen and oxygen atoms in total. The molecule has 1 aromatic carbocycles. The van der Waals surface area contributed by atoms with Gasteiger partial charge in [-0.3, -0.25) is 14.2 Å². The van der Waals surface area contributed by atoms with Crippen molar-refractivity contribution < 1.29 is 4.79 Å². The van der Waals surface area contributed by atoms with Gasteiger partial charge in [0, 0.05) is 12.6 Å². The van der Waals surface area contributed by atoms with Crippen LogP contribution in [0.5, 0.6) is 0 Å². The third kappa shape index (κ3) is 4.24. The van der Waals surface area contributed by atoms with Gasteiger partial charge in [-0.15, -0.1) is 0 Å². The van der Waals surface area contributed by atoms with Gasteiger partial charge in [0.2, 0.25) is 5.91 Å². The number of nitrogens with one attached hydrogen (secondary N) is 1. The molecule has 134 valence electrons. The van der Waals surface area contributed by atoms with Crippen LogP contribution in [-0.2, 0) is 4.79 Å². The van der Waals surface area contributed by atoms with Crippen LogP contribution in [0.4, 0.5) is 0 Å². The first-order chi connectivity index (χ1) is 12.2. The van der Waals surface area contributed by atoms with Gasteiger partial charge in [-0.05, 0) is 31.4 Å². The van der Waals surface area contributed by atoms with E-state index in [2.05, 4.69) is 5.32 Å². The van der Waals surface area contributed by atoms with E-state index in [0.717, 1.165) is 32.1 Å². The average molecular weight is 359 g/mol. The summed E-state index contributed by atoms with van der Waals surface area (Å²) in [7, 11) is 0. The monoisotopic (exact) mass is 359 g/mol. The Labute approximate surface area is 152 Å². The second-order valence-electron chi connectivity index (χ2n) is 6.52. The van der Waals surface area contributed by atoms with Crippen LogP contribution in [0, 0.1) is 0 Å². The van der Waals surface area contributed by atoms with Gasteiger partial charge in [0.05, 0.1) is 16.7 Å². The van der Waals surface area contributed by atoms with Crippen molar-refractivity contribution >= 4 is 28.6 Å². The number of carbonyl (C=O) groups is 1. The molecule has 0 aliphatic heterocycles. The van der Waals surface area contributed by atoms with Gasteiger partial charge in [-0.25, -0.2) is 4.98 Å². The SMILES string of the molecule is CCCNC(=O)CSc1nc2ccccc2c(=O)n1C1CCCCC1. The van der Waals surface area contributed by atoms with Crippen molar-refractivity contribution in [2.24, 2.45) is 0 Å². The van der Waals surface area contributed by atoms with Crippen molar-refractivity contribution in [3.05, 3.63) is 34.6 Å². The first kappa shape index (κ1) is 18.0. The van der Waals surface area contributed by atoms with Crippen molar-refractivity contribution in [3.8, 4) is 0 Å². The average Bonchev–Trinajstić information content (AvgIpc) is 2.65. The Balaban J connectivity index is 1.93. The number of hydrogen-bond acceptors (Lipinski definition) is 4. The number of aromatic nitrogens is 2. The Morgan fingerprint density at radius 3 is 2.80 bits per heavy atom. The van der Waals surface area contributed by atoms with E-state index in [9.17, 15) is 9.59 Å². The summed E-state index contributed by atoms with van der Waals surface area (Å²) in [6, 6.07) is 7.67. The fourth-order valence-electron chi connectivity index (χ4n) is 3.33. The maximum Gasteiger partial charge on any atom is 0.262 e. The highest BCUT2D eigenvalue weighted by Gasteiger charge is 2.22. The van der Waals surface area contributed by atoms with E-state index in [0.29, 0.717) is 22.6 Å². The number of fused-ring (bicyclic) bond motifs is 1. The Kier molecular flexibility index (Phi) is 6.13. The van der Waals surface area contributed by atoms with Gasteiger partial charge in [0.25, 0.3) is 5.56 Å². The first-order valence-corrected chi connectivity index (χ1v) is 10.1. The second-order valence-corrected chi connectivity index (χ2v) is 7.46. The first-order valence-electron chi connectivity index (χ1n) is 9.11. The van der Waals surface area contributed by atoms with Gasteiger partial charge in [-0.1, -0.05) is 50.1 Å². The van der Waals surface area contributed by atoms with E-state index in [1.165, 1.54) is 18.2 Å². The van der Waals surface area contributed by atoms with E-state index in [1.54, 1.807) is 0 Å². The third-order valence-electron chi connectivity index (χ3n) is 4.62. The summed E-state index contributed by atoms with van der Waals surface area (Å²) in [5.41, 5.74) is 0.727. The molecule has 1 saturated carbocycles. The maximum absolute atomic E-state index is 13.1.